The Morgan fingerprint density at radius 1 is 0.462 bits per heavy atom. The molecule has 1 heteroatoms. The summed E-state index contributed by atoms with van der Waals surface area (Å²) in [6.07, 6.45) is 0. The third kappa shape index (κ3) is 2.55. The first-order valence-electron chi connectivity index (χ1n) is 13.6. The number of rotatable bonds is 1. The van der Waals surface area contributed by atoms with Gasteiger partial charge in [-0.3, -0.25) is 0 Å². The summed E-state index contributed by atoms with van der Waals surface area (Å²) in [5.41, 5.74) is 16.1. The lowest BCUT2D eigenvalue weighted by molar-refractivity contribution is 0.669. The van der Waals surface area contributed by atoms with Crippen molar-refractivity contribution in [3.8, 4) is 33.4 Å². The number of hydrogen-bond donors (Lipinski definition) is 0. The van der Waals surface area contributed by atoms with Gasteiger partial charge in [0.25, 0.3) is 0 Å². The Morgan fingerprint density at radius 3 is 1.69 bits per heavy atom. The molecule has 0 aliphatic heterocycles. The molecule has 9 rings (SSSR count). The second-order valence-corrected chi connectivity index (χ2v) is 10.9. The van der Waals surface area contributed by atoms with Crippen LogP contribution in [0, 0.1) is 6.92 Å². The van der Waals surface area contributed by atoms with Gasteiger partial charge in [0, 0.05) is 10.8 Å². The molecule has 1 aromatic heterocycles. The van der Waals surface area contributed by atoms with E-state index < -0.39 is 0 Å². The van der Waals surface area contributed by atoms with Crippen molar-refractivity contribution in [2.24, 2.45) is 0 Å². The molecule has 0 unspecified atom stereocenters. The maximum Gasteiger partial charge on any atom is 0.135 e. The molecule has 0 bridgehead atoms. The highest BCUT2D eigenvalue weighted by atomic mass is 16.3. The molecule has 1 nitrogen and oxygen atoms in total. The molecular formula is C38H24O. The summed E-state index contributed by atoms with van der Waals surface area (Å²) in [5.74, 6) is 0. The minimum atomic E-state index is -0.321. The summed E-state index contributed by atoms with van der Waals surface area (Å²) in [7, 11) is 0. The molecule has 0 fully saturated rings. The summed E-state index contributed by atoms with van der Waals surface area (Å²) in [5, 5.41) is 2.38. The van der Waals surface area contributed by atoms with Gasteiger partial charge in [0.2, 0.25) is 0 Å². The molecule has 0 atom stereocenters. The minimum Gasteiger partial charge on any atom is -0.456 e. The lowest BCUT2D eigenvalue weighted by atomic mass is 9.70. The summed E-state index contributed by atoms with van der Waals surface area (Å²) in [6, 6.07) is 46.9. The van der Waals surface area contributed by atoms with Gasteiger partial charge in [-0.05, 0) is 92.4 Å². The van der Waals surface area contributed by atoms with Crippen molar-refractivity contribution in [2.75, 3.05) is 0 Å². The Hall–Kier alpha value is -4.88. The quantitative estimate of drug-likeness (QED) is 0.220. The van der Waals surface area contributed by atoms with Gasteiger partial charge in [-0.2, -0.15) is 0 Å². The maximum absolute atomic E-state index is 6.19. The van der Waals surface area contributed by atoms with Gasteiger partial charge < -0.3 is 4.42 Å². The van der Waals surface area contributed by atoms with E-state index in [9.17, 15) is 0 Å². The largest absolute Gasteiger partial charge is 0.456 e. The third-order valence-electron chi connectivity index (χ3n) is 9.03. The fraction of sp³-hybridized carbons (Fsp3) is 0.0526. The topological polar surface area (TPSA) is 13.1 Å². The van der Waals surface area contributed by atoms with Crippen molar-refractivity contribution < 1.29 is 4.42 Å². The fourth-order valence-electron chi connectivity index (χ4n) is 7.46. The molecule has 0 N–H and O–H groups in total. The van der Waals surface area contributed by atoms with Gasteiger partial charge in [-0.25, -0.2) is 0 Å². The van der Waals surface area contributed by atoms with E-state index in [1.165, 1.54) is 72.0 Å². The SMILES string of the molecule is Cc1cccc2oc3ccc(-c4ccc5c(c4)C4(c6ccccc6-c6ccccc64)c4ccccc4-5)cc3c12. The molecule has 6 aromatic carbocycles. The van der Waals surface area contributed by atoms with Crippen LogP contribution in [-0.4, -0.2) is 0 Å². The lowest BCUT2D eigenvalue weighted by Crippen LogP contribution is -2.25. The van der Waals surface area contributed by atoms with E-state index in [0.717, 1.165) is 11.2 Å². The standard InChI is InChI=1S/C38H24O/c1-23-9-8-16-36-37(23)30-21-24(18-20-35(30)39-36)25-17-19-29-28-12-4-7-15-33(28)38(34(29)22-25)31-13-5-2-10-26(31)27-11-3-6-14-32(27)38/h2-22H,1H3. The average molecular weight is 497 g/mol. The Labute approximate surface area is 227 Å². The molecule has 7 aromatic rings. The third-order valence-corrected chi connectivity index (χ3v) is 9.03. The van der Waals surface area contributed by atoms with Crippen molar-refractivity contribution in [1.82, 2.24) is 0 Å². The summed E-state index contributed by atoms with van der Waals surface area (Å²) in [4.78, 5) is 0. The van der Waals surface area contributed by atoms with Gasteiger partial charge in [-0.15, -0.1) is 0 Å². The summed E-state index contributed by atoms with van der Waals surface area (Å²) < 4.78 is 6.19. The molecule has 0 saturated heterocycles. The van der Waals surface area contributed by atoms with E-state index in [0.29, 0.717) is 0 Å². The van der Waals surface area contributed by atoms with Crippen molar-refractivity contribution in [3.63, 3.8) is 0 Å². The molecule has 182 valence electrons. The molecule has 0 amide bonds. The molecular weight excluding hydrogens is 472 g/mol. The maximum atomic E-state index is 6.19. The zero-order chi connectivity index (χ0) is 25.7. The Morgan fingerprint density at radius 2 is 1.03 bits per heavy atom. The molecule has 0 saturated carbocycles. The number of aryl methyl sites for hydroxylation is 1. The number of fused-ring (bicyclic) bond motifs is 13. The number of furan rings is 1. The van der Waals surface area contributed by atoms with Gasteiger partial charge in [0.05, 0.1) is 5.41 Å². The van der Waals surface area contributed by atoms with E-state index >= 15 is 0 Å². The predicted molar refractivity (Wildman–Crippen MR) is 160 cm³/mol. The van der Waals surface area contributed by atoms with Crippen LogP contribution < -0.4 is 0 Å². The average Bonchev–Trinajstić information content (AvgIpc) is 3.61. The molecule has 39 heavy (non-hydrogen) atoms. The fourth-order valence-corrected chi connectivity index (χ4v) is 7.46. The smallest absolute Gasteiger partial charge is 0.135 e. The Balaban J connectivity index is 1.35. The van der Waals surface area contributed by atoms with Crippen LogP contribution in [0.1, 0.15) is 27.8 Å². The zero-order valence-electron chi connectivity index (χ0n) is 21.5. The monoisotopic (exact) mass is 496 g/mol. The van der Waals surface area contributed by atoms with E-state index in [1.807, 2.05) is 0 Å². The van der Waals surface area contributed by atoms with Crippen LogP contribution in [0.5, 0.6) is 0 Å². The van der Waals surface area contributed by atoms with Crippen LogP contribution in [-0.2, 0) is 5.41 Å². The van der Waals surface area contributed by atoms with E-state index in [1.54, 1.807) is 0 Å². The van der Waals surface area contributed by atoms with Crippen molar-refractivity contribution in [2.45, 2.75) is 12.3 Å². The van der Waals surface area contributed by atoms with Crippen LogP contribution in [0.4, 0.5) is 0 Å². The second kappa shape index (κ2) is 7.36. The first-order chi connectivity index (χ1) is 19.2. The highest BCUT2D eigenvalue weighted by Gasteiger charge is 2.51. The van der Waals surface area contributed by atoms with Crippen LogP contribution in [0.15, 0.2) is 132 Å². The van der Waals surface area contributed by atoms with Crippen LogP contribution in [0.3, 0.4) is 0 Å². The highest BCUT2D eigenvalue weighted by Crippen LogP contribution is 2.63. The first-order valence-corrected chi connectivity index (χ1v) is 13.6. The van der Waals surface area contributed by atoms with Gasteiger partial charge in [0.1, 0.15) is 11.2 Å². The van der Waals surface area contributed by atoms with Gasteiger partial charge in [0.15, 0.2) is 0 Å². The number of hydrogen-bond acceptors (Lipinski definition) is 1. The first kappa shape index (κ1) is 21.1. The van der Waals surface area contributed by atoms with E-state index in [4.69, 9.17) is 4.42 Å². The second-order valence-electron chi connectivity index (χ2n) is 10.9. The molecule has 2 aliphatic rings. The normalized spacial score (nSPS) is 14.0. The van der Waals surface area contributed by atoms with Crippen molar-refractivity contribution in [3.05, 3.63) is 155 Å². The number of benzene rings is 6. The Kier molecular flexibility index (Phi) is 3.98. The van der Waals surface area contributed by atoms with Crippen LogP contribution >= 0.6 is 0 Å². The Bertz CT molecular complexity index is 2080. The molecule has 1 spiro atoms. The highest BCUT2D eigenvalue weighted by molar-refractivity contribution is 6.08. The lowest BCUT2D eigenvalue weighted by Gasteiger charge is -2.30. The molecule has 1 heterocycles. The van der Waals surface area contributed by atoms with Gasteiger partial charge >= 0.3 is 0 Å². The van der Waals surface area contributed by atoms with Crippen LogP contribution in [0.25, 0.3) is 55.3 Å². The van der Waals surface area contributed by atoms with E-state index in [2.05, 4.69) is 134 Å². The summed E-state index contributed by atoms with van der Waals surface area (Å²) >= 11 is 0. The van der Waals surface area contributed by atoms with E-state index in [-0.39, 0.29) is 5.41 Å². The molecule has 2 aliphatic carbocycles. The van der Waals surface area contributed by atoms with Crippen LogP contribution in [0.2, 0.25) is 0 Å². The molecule has 0 radical (unpaired) electrons. The minimum absolute atomic E-state index is 0.321. The van der Waals surface area contributed by atoms with Crippen molar-refractivity contribution in [1.29, 1.82) is 0 Å². The zero-order valence-corrected chi connectivity index (χ0v) is 21.5. The van der Waals surface area contributed by atoms with Gasteiger partial charge in [-0.1, -0.05) is 103 Å². The predicted octanol–water partition coefficient (Wildman–Crippen LogP) is 9.90. The summed E-state index contributed by atoms with van der Waals surface area (Å²) in [6.45, 7) is 2.16. The van der Waals surface area contributed by atoms with Crippen molar-refractivity contribution >= 4 is 21.9 Å².